The molecule has 0 atom stereocenters. The predicted octanol–water partition coefficient (Wildman–Crippen LogP) is 1.69. The van der Waals surface area contributed by atoms with Gasteiger partial charge in [-0.15, -0.1) is 10.2 Å². The summed E-state index contributed by atoms with van der Waals surface area (Å²) in [6.45, 7) is 7.90. The summed E-state index contributed by atoms with van der Waals surface area (Å²) in [4.78, 5) is 2.46. The van der Waals surface area contributed by atoms with E-state index in [1.54, 1.807) is 0 Å². The fourth-order valence-electron chi connectivity index (χ4n) is 2.34. The second-order valence-electron chi connectivity index (χ2n) is 5.00. The van der Waals surface area contributed by atoms with Gasteiger partial charge in [0.2, 0.25) is 5.13 Å². The Kier molecular flexibility index (Phi) is 4.31. The second kappa shape index (κ2) is 5.75. The Morgan fingerprint density at radius 3 is 2.65 bits per heavy atom. The molecule has 3 N–H and O–H groups in total. The number of nitrogen functional groups attached to an aromatic ring is 1. The number of hydrogen-bond donors (Lipinski definition) is 2. The zero-order chi connectivity index (χ0) is 12.3. The fourth-order valence-corrected chi connectivity index (χ4v) is 3.04. The van der Waals surface area contributed by atoms with Crippen molar-refractivity contribution >= 4 is 16.5 Å². The Morgan fingerprint density at radius 1 is 1.41 bits per heavy atom. The van der Waals surface area contributed by atoms with Gasteiger partial charge in [0.15, 0.2) is 0 Å². The van der Waals surface area contributed by atoms with Crippen molar-refractivity contribution < 1.29 is 0 Å². The first-order valence-corrected chi connectivity index (χ1v) is 7.02. The molecule has 1 aromatic heterocycles. The largest absolute Gasteiger partial charge is 0.298 e. The smallest absolute Gasteiger partial charge is 0.219 e. The molecule has 0 unspecified atom stereocenters. The molecule has 6 heteroatoms. The van der Waals surface area contributed by atoms with Gasteiger partial charge >= 0.3 is 0 Å². The third-order valence-corrected chi connectivity index (χ3v) is 4.36. The molecule has 17 heavy (non-hydrogen) atoms. The highest BCUT2D eigenvalue weighted by Gasteiger charge is 2.22. The van der Waals surface area contributed by atoms with E-state index < -0.39 is 0 Å². The average molecular weight is 255 g/mol. The molecule has 0 bridgehead atoms. The number of hydrogen-bond acceptors (Lipinski definition) is 6. The molecule has 1 aromatic rings. The highest BCUT2D eigenvalue weighted by Crippen LogP contribution is 2.26. The topological polar surface area (TPSA) is 67.1 Å². The summed E-state index contributed by atoms with van der Waals surface area (Å²) in [6, 6.07) is 0. The first-order valence-electron chi connectivity index (χ1n) is 6.20. The Labute approximate surface area is 106 Å². The zero-order valence-electron chi connectivity index (χ0n) is 10.5. The maximum atomic E-state index is 5.29. The van der Waals surface area contributed by atoms with E-state index in [2.05, 4.69) is 34.4 Å². The number of nitrogens with two attached hydrogens (primary N) is 1. The van der Waals surface area contributed by atoms with Crippen molar-refractivity contribution in [3.8, 4) is 0 Å². The number of piperidine rings is 1. The van der Waals surface area contributed by atoms with Crippen molar-refractivity contribution in [3.05, 3.63) is 5.01 Å². The van der Waals surface area contributed by atoms with E-state index in [0.29, 0.717) is 5.13 Å². The van der Waals surface area contributed by atoms with Crippen LogP contribution in [0.15, 0.2) is 0 Å². The second-order valence-corrected chi connectivity index (χ2v) is 6.06. The molecule has 0 aromatic carbocycles. The molecule has 0 amide bonds. The van der Waals surface area contributed by atoms with Crippen molar-refractivity contribution in [2.75, 3.05) is 18.5 Å². The number of hydrazine groups is 1. The molecule has 1 saturated heterocycles. The lowest BCUT2D eigenvalue weighted by atomic mass is 9.87. The van der Waals surface area contributed by atoms with Gasteiger partial charge in [-0.25, -0.2) is 5.84 Å². The summed E-state index contributed by atoms with van der Waals surface area (Å²) in [7, 11) is 0. The van der Waals surface area contributed by atoms with Crippen LogP contribution < -0.4 is 11.3 Å². The Balaban J connectivity index is 1.81. The summed E-state index contributed by atoms with van der Waals surface area (Å²) in [6.07, 6.45) is 2.61. The molecule has 0 saturated carbocycles. The molecule has 0 radical (unpaired) electrons. The molecule has 0 spiro atoms. The highest BCUT2D eigenvalue weighted by atomic mass is 32.1. The van der Waals surface area contributed by atoms with E-state index in [0.717, 1.165) is 23.4 Å². The van der Waals surface area contributed by atoms with Crippen LogP contribution in [0, 0.1) is 11.8 Å². The van der Waals surface area contributed by atoms with Crippen LogP contribution in [-0.2, 0) is 6.54 Å². The quantitative estimate of drug-likeness (QED) is 0.633. The highest BCUT2D eigenvalue weighted by molar-refractivity contribution is 7.15. The van der Waals surface area contributed by atoms with Crippen LogP contribution in [0.2, 0.25) is 0 Å². The first kappa shape index (κ1) is 12.7. The van der Waals surface area contributed by atoms with E-state index in [1.165, 1.54) is 37.3 Å². The lowest BCUT2D eigenvalue weighted by Crippen LogP contribution is -2.34. The van der Waals surface area contributed by atoms with Gasteiger partial charge < -0.3 is 0 Å². The Morgan fingerprint density at radius 2 is 2.12 bits per heavy atom. The SMILES string of the molecule is CC(C)C1CCN(Cc2nnc(NN)s2)CC1. The van der Waals surface area contributed by atoms with Crippen molar-refractivity contribution in [3.63, 3.8) is 0 Å². The summed E-state index contributed by atoms with van der Waals surface area (Å²) in [5.74, 6) is 6.99. The van der Waals surface area contributed by atoms with Gasteiger partial charge in [-0.05, 0) is 37.8 Å². The Bertz CT molecular complexity index is 343. The number of nitrogens with zero attached hydrogens (tertiary/aromatic N) is 3. The lowest BCUT2D eigenvalue weighted by Gasteiger charge is -2.33. The maximum absolute atomic E-state index is 5.29. The van der Waals surface area contributed by atoms with Crippen molar-refractivity contribution in [1.82, 2.24) is 15.1 Å². The molecular weight excluding hydrogens is 234 g/mol. The molecule has 1 aliphatic heterocycles. The average Bonchev–Trinajstić information content (AvgIpc) is 2.77. The van der Waals surface area contributed by atoms with E-state index in [4.69, 9.17) is 5.84 Å². The molecule has 96 valence electrons. The van der Waals surface area contributed by atoms with Crippen LogP contribution in [-0.4, -0.2) is 28.2 Å². The van der Waals surface area contributed by atoms with E-state index in [9.17, 15) is 0 Å². The molecule has 0 aliphatic carbocycles. The number of rotatable bonds is 4. The van der Waals surface area contributed by atoms with Gasteiger partial charge in [0.1, 0.15) is 5.01 Å². The lowest BCUT2D eigenvalue weighted by molar-refractivity contribution is 0.151. The van der Waals surface area contributed by atoms with Gasteiger partial charge in [-0.3, -0.25) is 10.3 Å². The van der Waals surface area contributed by atoms with Crippen molar-refractivity contribution in [1.29, 1.82) is 0 Å². The van der Waals surface area contributed by atoms with Gasteiger partial charge in [0, 0.05) is 0 Å². The molecule has 1 aliphatic rings. The van der Waals surface area contributed by atoms with Crippen LogP contribution in [0.25, 0.3) is 0 Å². The summed E-state index contributed by atoms with van der Waals surface area (Å²) >= 11 is 1.53. The van der Waals surface area contributed by atoms with Crippen LogP contribution in [0.4, 0.5) is 5.13 Å². The number of aromatic nitrogens is 2. The van der Waals surface area contributed by atoms with Gasteiger partial charge in [0.25, 0.3) is 0 Å². The molecule has 5 nitrogen and oxygen atoms in total. The van der Waals surface area contributed by atoms with Crippen molar-refractivity contribution in [2.45, 2.75) is 33.2 Å². The third-order valence-electron chi connectivity index (χ3n) is 3.52. The van der Waals surface area contributed by atoms with E-state index in [1.807, 2.05) is 0 Å². The number of nitrogens with one attached hydrogen (secondary N) is 1. The van der Waals surface area contributed by atoms with Gasteiger partial charge in [-0.1, -0.05) is 25.2 Å². The van der Waals surface area contributed by atoms with Gasteiger partial charge in [0.05, 0.1) is 6.54 Å². The van der Waals surface area contributed by atoms with Crippen molar-refractivity contribution in [2.24, 2.45) is 17.7 Å². The van der Waals surface area contributed by atoms with Crippen LogP contribution >= 0.6 is 11.3 Å². The standard InChI is InChI=1S/C11H21N5S/c1-8(2)9-3-5-16(6-4-9)7-10-14-15-11(13-12)17-10/h8-9H,3-7,12H2,1-2H3,(H,13,15). The van der Waals surface area contributed by atoms with Crippen LogP contribution in [0.1, 0.15) is 31.7 Å². The minimum absolute atomic E-state index is 0.692. The summed E-state index contributed by atoms with van der Waals surface area (Å²) < 4.78 is 0. The van der Waals surface area contributed by atoms with E-state index in [-0.39, 0.29) is 0 Å². The monoisotopic (exact) mass is 255 g/mol. The minimum atomic E-state index is 0.692. The van der Waals surface area contributed by atoms with Gasteiger partial charge in [-0.2, -0.15) is 0 Å². The number of anilines is 1. The molecular formula is C11H21N5S. The number of likely N-dealkylation sites (tertiary alicyclic amines) is 1. The fraction of sp³-hybridized carbons (Fsp3) is 0.818. The van der Waals surface area contributed by atoms with Crippen LogP contribution in [0.5, 0.6) is 0 Å². The molecule has 2 rings (SSSR count). The van der Waals surface area contributed by atoms with Crippen LogP contribution in [0.3, 0.4) is 0 Å². The zero-order valence-corrected chi connectivity index (χ0v) is 11.3. The molecule has 2 heterocycles. The third kappa shape index (κ3) is 3.37. The van der Waals surface area contributed by atoms with E-state index >= 15 is 0 Å². The summed E-state index contributed by atoms with van der Waals surface area (Å²) in [5.41, 5.74) is 2.53. The summed E-state index contributed by atoms with van der Waals surface area (Å²) in [5, 5.41) is 9.80. The normalized spacial score (nSPS) is 18.8. The molecule has 1 fully saturated rings. The predicted molar refractivity (Wildman–Crippen MR) is 70.6 cm³/mol. The first-order chi connectivity index (χ1) is 8.19. The minimum Gasteiger partial charge on any atom is -0.298 e. The Hall–Kier alpha value is -0.720. The maximum Gasteiger partial charge on any atom is 0.219 e.